The van der Waals surface area contributed by atoms with Crippen LogP contribution < -0.4 is 15.5 Å². The van der Waals surface area contributed by atoms with Gasteiger partial charge in [0, 0.05) is 32.0 Å². The molecule has 0 bridgehead atoms. The molecule has 20 heavy (non-hydrogen) atoms. The maximum Gasteiger partial charge on any atom is 0.0591 e. The number of nitrogens with zero attached hydrogens (tertiary/aromatic N) is 2. The summed E-state index contributed by atoms with van der Waals surface area (Å²) in [5.41, 5.74) is 4.26. The molecule has 0 atom stereocenters. The molecule has 2 aromatic rings. The second-order valence-electron chi connectivity index (χ2n) is 4.96. The van der Waals surface area contributed by atoms with Gasteiger partial charge >= 0.3 is 0 Å². The Morgan fingerprint density at radius 2 is 1.85 bits per heavy atom. The summed E-state index contributed by atoms with van der Waals surface area (Å²) in [5.74, 6) is 0. The highest BCUT2D eigenvalue weighted by atomic mass is 15.1. The third-order valence-electron chi connectivity index (χ3n) is 2.97. The fraction of sp³-hybridized carbons (Fsp3) is 0.312. The predicted octanol–water partition coefficient (Wildman–Crippen LogP) is 3.71. The first-order chi connectivity index (χ1) is 9.69. The van der Waals surface area contributed by atoms with Crippen molar-refractivity contribution in [3.8, 4) is 0 Å². The summed E-state index contributed by atoms with van der Waals surface area (Å²) in [6.45, 7) is 3.11. The number of benzene rings is 1. The van der Waals surface area contributed by atoms with E-state index < -0.39 is 0 Å². The van der Waals surface area contributed by atoms with Crippen LogP contribution in [-0.4, -0.2) is 25.6 Å². The van der Waals surface area contributed by atoms with Crippen LogP contribution in [0.2, 0.25) is 0 Å². The highest BCUT2D eigenvalue weighted by molar-refractivity contribution is 5.66. The summed E-state index contributed by atoms with van der Waals surface area (Å²) in [6.07, 6.45) is 4.78. The minimum atomic E-state index is 0.960. The van der Waals surface area contributed by atoms with Gasteiger partial charge in [0.2, 0.25) is 0 Å². The van der Waals surface area contributed by atoms with Crippen molar-refractivity contribution in [2.45, 2.75) is 13.3 Å². The summed E-state index contributed by atoms with van der Waals surface area (Å²) in [7, 11) is 4.08. The minimum Gasteiger partial charge on any atom is -0.384 e. The van der Waals surface area contributed by atoms with E-state index in [1.54, 1.807) is 0 Å². The molecule has 0 spiro atoms. The largest absolute Gasteiger partial charge is 0.384 e. The first kappa shape index (κ1) is 14.2. The molecule has 4 nitrogen and oxygen atoms in total. The molecule has 0 saturated carbocycles. The molecule has 0 radical (unpaired) electrons. The number of pyridine rings is 1. The van der Waals surface area contributed by atoms with E-state index in [1.165, 1.54) is 5.69 Å². The zero-order chi connectivity index (χ0) is 14.4. The van der Waals surface area contributed by atoms with Gasteiger partial charge in [0.1, 0.15) is 0 Å². The second-order valence-corrected chi connectivity index (χ2v) is 4.96. The Morgan fingerprint density at radius 3 is 2.60 bits per heavy atom. The molecular weight excluding hydrogens is 248 g/mol. The van der Waals surface area contributed by atoms with Gasteiger partial charge in [0.15, 0.2) is 0 Å². The second kappa shape index (κ2) is 6.80. The Morgan fingerprint density at radius 1 is 1.05 bits per heavy atom. The maximum absolute atomic E-state index is 4.26. The molecule has 0 saturated heterocycles. The Hall–Kier alpha value is -2.23. The van der Waals surface area contributed by atoms with Crippen molar-refractivity contribution in [2.24, 2.45) is 0 Å². The van der Waals surface area contributed by atoms with E-state index >= 15 is 0 Å². The molecule has 1 aromatic heterocycles. The first-order valence-electron chi connectivity index (χ1n) is 6.92. The van der Waals surface area contributed by atoms with Gasteiger partial charge in [-0.2, -0.15) is 0 Å². The fourth-order valence-corrected chi connectivity index (χ4v) is 1.90. The molecule has 0 amide bonds. The lowest BCUT2D eigenvalue weighted by atomic mass is 10.2. The lowest BCUT2D eigenvalue weighted by Crippen LogP contribution is -2.08. The van der Waals surface area contributed by atoms with Gasteiger partial charge in [-0.3, -0.25) is 4.98 Å². The van der Waals surface area contributed by atoms with Crippen LogP contribution >= 0.6 is 0 Å². The lowest BCUT2D eigenvalue weighted by Gasteiger charge is -2.14. The normalized spacial score (nSPS) is 10.2. The number of anilines is 4. The van der Waals surface area contributed by atoms with Gasteiger partial charge in [-0.15, -0.1) is 0 Å². The first-order valence-corrected chi connectivity index (χ1v) is 6.92. The molecule has 1 aromatic carbocycles. The zero-order valence-corrected chi connectivity index (χ0v) is 12.4. The van der Waals surface area contributed by atoms with Gasteiger partial charge in [0.25, 0.3) is 0 Å². The van der Waals surface area contributed by atoms with E-state index in [0.29, 0.717) is 0 Å². The van der Waals surface area contributed by atoms with Crippen LogP contribution in [0.25, 0.3) is 0 Å². The lowest BCUT2D eigenvalue weighted by molar-refractivity contribution is 0.978. The quantitative estimate of drug-likeness (QED) is 0.839. The van der Waals surface area contributed by atoms with Crippen molar-refractivity contribution in [1.29, 1.82) is 0 Å². The van der Waals surface area contributed by atoms with Gasteiger partial charge < -0.3 is 15.5 Å². The van der Waals surface area contributed by atoms with Gasteiger partial charge in [-0.25, -0.2) is 0 Å². The van der Waals surface area contributed by atoms with Crippen molar-refractivity contribution in [2.75, 3.05) is 36.2 Å². The number of nitrogens with one attached hydrogen (secondary N) is 2. The molecule has 1 heterocycles. The van der Waals surface area contributed by atoms with E-state index in [4.69, 9.17) is 0 Å². The Kier molecular flexibility index (Phi) is 4.82. The SMILES string of the molecule is CCCNc1cncc(Nc2cccc(N(C)C)c2)c1. The molecule has 0 unspecified atom stereocenters. The van der Waals surface area contributed by atoms with Crippen molar-refractivity contribution in [3.63, 3.8) is 0 Å². The standard InChI is InChI=1S/C16H22N4/c1-4-8-18-14-9-15(12-17-11-14)19-13-6-5-7-16(10-13)20(2)3/h5-7,9-12,18-19H,4,8H2,1-3H3. The monoisotopic (exact) mass is 270 g/mol. The van der Waals surface area contributed by atoms with E-state index in [2.05, 4.69) is 51.7 Å². The Balaban J connectivity index is 2.11. The van der Waals surface area contributed by atoms with Crippen molar-refractivity contribution in [1.82, 2.24) is 4.98 Å². The van der Waals surface area contributed by atoms with E-state index in [9.17, 15) is 0 Å². The van der Waals surface area contributed by atoms with Crippen LogP contribution in [0.5, 0.6) is 0 Å². The highest BCUT2D eigenvalue weighted by Crippen LogP contribution is 2.22. The smallest absolute Gasteiger partial charge is 0.0591 e. The summed E-state index contributed by atoms with van der Waals surface area (Å²) in [6, 6.07) is 10.4. The summed E-state index contributed by atoms with van der Waals surface area (Å²) in [5, 5.41) is 6.73. The predicted molar refractivity (Wildman–Crippen MR) is 87.1 cm³/mol. The number of rotatable bonds is 6. The summed E-state index contributed by atoms with van der Waals surface area (Å²) < 4.78 is 0. The molecule has 2 N–H and O–H groups in total. The minimum absolute atomic E-state index is 0.960. The van der Waals surface area contributed by atoms with Gasteiger partial charge in [0.05, 0.1) is 23.8 Å². The average Bonchev–Trinajstić information content (AvgIpc) is 2.46. The number of aromatic nitrogens is 1. The van der Waals surface area contributed by atoms with E-state index in [-0.39, 0.29) is 0 Å². The fourth-order valence-electron chi connectivity index (χ4n) is 1.90. The topological polar surface area (TPSA) is 40.2 Å². The summed E-state index contributed by atoms with van der Waals surface area (Å²) >= 11 is 0. The maximum atomic E-state index is 4.26. The average molecular weight is 270 g/mol. The van der Waals surface area contributed by atoms with Crippen molar-refractivity contribution in [3.05, 3.63) is 42.7 Å². The zero-order valence-electron chi connectivity index (χ0n) is 12.4. The number of hydrogen-bond donors (Lipinski definition) is 2. The van der Waals surface area contributed by atoms with E-state index in [1.807, 2.05) is 32.6 Å². The van der Waals surface area contributed by atoms with Crippen LogP contribution in [0.15, 0.2) is 42.7 Å². The van der Waals surface area contributed by atoms with Gasteiger partial charge in [-0.1, -0.05) is 13.0 Å². The molecular formula is C16H22N4. The van der Waals surface area contributed by atoms with Crippen LogP contribution in [-0.2, 0) is 0 Å². The van der Waals surface area contributed by atoms with Crippen LogP contribution in [0.4, 0.5) is 22.7 Å². The Labute approximate surface area is 120 Å². The van der Waals surface area contributed by atoms with Crippen LogP contribution in [0.3, 0.4) is 0 Å². The summed E-state index contributed by atoms with van der Waals surface area (Å²) in [4.78, 5) is 6.34. The molecule has 106 valence electrons. The molecule has 4 heteroatoms. The van der Waals surface area contributed by atoms with Crippen LogP contribution in [0.1, 0.15) is 13.3 Å². The Bertz CT molecular complexity index is 552. The van der Waals surface area contributed by atoms with Crippen molar-refractivity contribution < 1.29 is 0 Å². The molecule has 0 fully saturated rings. The molecule has 0 aliphatic rings. The highest BCUT2D eigenvalue weighted by Gasteiger charge is 2.00. The van der Waals surface area contributed by atoms with Crippen molar-refractivity contribution >= 4 is 22.7 Å². The third-order valence-corrected chi connectivity index (χ3v) is 2.97. The molecule has 0 aliphatic carbocycles. The molecule has 0 aliphatic heterocycles. The van der Waals surface area contributed by atoms with Crippen LogP contribution in [0, 0.1) is 0 Å². The number of hydrogen-bond acceptors (Lipinski definition) is 4. The third kappa shape index (κ3) is 3.88. The molecule has 2 rings (SSSR count). The van der Waals surface area contributed by atoms with Gasteiger partial charge in [-0.05, 0) is 30.7 Å². The van der Waals surface area contributed by atoms with E-state index in [0.717, 1.165) is 30.0 Å².